The van der Waals surface area contributed by atoms with Crippen molar-refractivity contribution in [2.75, 3.05) is 0 Å². The number of rotatable bonds is 4. The van der Waals surface area contributed by atoms with Crippen LogP contribution in [0.1, 0.15) is 16.7 Å². The summed E-state index contributed by atoms with van der Waals surface area (Å²) >= 11 is 0. The Morgan fingerprint density at radius 2 is 1.00 bits per heavy atom. The first-order valence-electron chi connectivity index (χ1n) is 7.94. The molecule has 5 nitrogen and oxygen atoms in total. The van der Waals surface area contributed by atoms with Crippen LogP contribution in [0.2, 0.25) is 0 Å². The summed E-state index contributed by atoms with van der Waals surface area (Å²) in [5.41, 5.74) is 1.64. The van der Waals surface area contributed by atoms with Crippen LogP contribution in [0.5, 0.6) is 0 Å². The van der Waals surface area contributed by atoms with E-state index < -0.39 is 16.4 Å². The van der Waals surface area contributed by atoms with Crippen molar-refractivity contribution in [3.8, 4) is 0 Å². The van der Waals surface area contributed by atoms with Gasteiger partial charge in [0.1, 0.15) is 5.41 Å². The summed E-state index contributed by atoms with van der Waals surface area (Å²) in [5.74, 6) is -0.328. The molecule has 0 aliphatic heterocycles. The average Bonchev–Trinajstić information content (AvgIpc) is 2.70. The molecule has 0 heterocycles. The van der Waals surface area contributed by atoms with E-state index in [1.54, 1.807) is 0 Å². The Hall–Kier alpha value is -2.53. The SMILES string of the molecule is O=C(OP)C(c1ccccc1)(c1ccccc1)c1ccccc1.O=[SH](=O)O. The van der Waals surface area contributed by atoms with Gasteiger partial charge in [0.25, 0.3) is 11.0 Å². The summed E-state index contributed by atoms with van der Waals surface area (Å²) in [6.45, 7) is 0. The molecular weight excluding hydrogens is 383 g/mol. The molecular formula is C20H19O5PS. The Bertz CT molecular complexity index is 824. The first-order chi connectivity index (χ1) is 13.0. The molecule has 0 fully saturated rings. The Balaban J connectivity index is 0.000000596. The molecule has 140 valence electrons. The second-order valence-electron chi connectivity index (χ2n) is 5.49. The molecule has 3 rings (SSSR count). The van der Waals surface area contributed by atoms with Crippen molar-refractivity contribution in [3.05, 3.63) is 108 Å². The van der Waals surface area contributed by atoms with Crippen molar-refractivity contribution in [2.24, 2.45) is 0 Å². The lowest BCUT2D eigenvalue weighted by Gasteiger charge is -2.32. The highest BCUT2D eigenvalue weighted by Crippen LogP contribution is 2.40. The van der Waals surface area contributed by atoms with E-state index in [4.69, 9.17) is 17.5 Å². The molecule has 0 amide bonds. The molecule has 27 heavy (non-hydrogen) atoms. The second kappa shape index (κ2) is 9.97. The van der Waals surface area contributed by atoms with Crippen molar-refractivity contribution in [3.63, 3.8) is 0 Å². The quantitative estimate of drug-likeness (QED) is 0.303. The van der Waals surface area contributed by atoms with E-state index in [1.807, 2.05) is 91.0 Å². The van der Waals surface area contributed by atoms with E-state index in [0.29, 0.717) is 0 Å². The first kappa shape index (κ1) is 20.8. The Kier molecular flexibility index (Phi) is 7.67. The van der Waals surface area contributed by atoms with Gasteiger partial charge in [-0.25, -0.2) is 8.42 Å². The van der Waals surface area contributed by atoms with Gasteiger partial charge in [0.05, 0.1) is 9.47 Å². The topological polar surface area (TPSA) is 80.7 Å². The zero-order valence-electron chi connectivity index (χ0n) is 14.3. The molecule has 0 spiro atoms. The number of thiol groups is 1. The van der Waals surface area contributed by atoms with Gasteiger partial charge in [-0.1, -0.05) is 91.0 Å². The standard InChI is InChI=1S/C20H17O2P.H2O3S/c21-19(22-23)20(16-10-4-1-5-11-16,17-12-6-2-7-13-17)18-14-8-3-9-15-18;1-4(2)3/h1-15H,23H2;4H,(H,1,2,3). The third kappa shape index (κ3) is 4.80. The highest BCUT2D eigenvalue weighted by molar-refractivity contribution is 7.66. The Labute approximate surface area is 162 Å². The molecule has 1 unspecified atom stereocenters. The maximum atomic E-state index is 13.0. The smallest absolute Gasteiger partial charge is 0.327 e. The molecule has 1 atom stereocenters. The van der Waals surface area contributed by atoms with Crippen LogP contribution >= 0.6 is 9.47 Å². The van der Waals surface area contributed by atoms with Crippen molar-refractivity contribution in [2.45, 2.75) is 5.41 Å². The van der Waals surface area contributed by atoms with Gasteiger partial charge in [-0.15, -0.1) is 0 Å². The number of hydrogen-bond acceptors (Lipinski definition) is 4. The monoisotopic (exact) mass is 402 g/mol. The third-order valence-electron chi connectivity index (χ3n) is 4.03. The summed E-state index contributed by atoms with van der Waals surface area (Å²) in [4.78, 5) is 13.0. The highest BCUT2D eigenvalue weighted by Gasteiger charge is 2.44. The van der Waals surface area contributed by atoms with Crippen LogP contribution in [0.3, 0.4) is 0 Å². The number of carbonyl (C=O) groups is 1. The molecule has 0 aliphatic carbocycles. The molecule has 1 N–H and O–H groups in total. The molecule has 0 saturated carbocycles. The van der Waals surface area contributed by atoms with Gasteiger partial charge in [0.2, 0.25) is 0 Å². The van der Waals surface area contributed by atoms with Crippen LogP contribution in [-0.4, -0.2) is 18.9 Å². The zero-order chi connectivity index (χ0) is 19.7. The Morgan fingerprint density at radius 1 is 0.741 bits per heavy atom. The molecule has 0 bridgehead atoms. The lowest BCUT2D eigenvalue weighted by molar-refractivity contribution is -0.136. The zero-order valence-corrected chi connectivity index (χ0v) is 16.3. The third-order valence-corrected chi connectivity index (χ3v) is 4.25. The highest BCUT2D eigenvalue weighted by atomic mass is 32.2. The van der Waals surface area contributed by atoms with Crippen molar-refractivity contribution in [1.29, 1.82) is 0 Å². The van der Waals surface area contributed by atoms with Crippen LogP contribution in [0.15, 0.2) is 91.0 Å². The Morgan fingerprint density at radius 3 is 1.22 bits per heavy atom. The lowest BCUT2D eigenvalue weighted by Crippen LogP contribution is -2.38. The fourth-order valence-corrected chi connectivity index (χ4v) is 3.18. The van der Waals surface area contributed by atoms with E-state index in [0.717, 1.165) is 16.7 Å². The van der Waals surface area contributed by atoms with Gasteiger partial charge in [-0.05, 0) is 16.7 Å². The molecule has 3 aromatic carbocycles. The summed E-state index contributed by atoms with van der Waals surface area (Å²) < 4.78 is 29.4. The van der Waals surface area contributed by atoms with Gasteiger partial charge in [-0.3, -0.25) is 9.35 Å². The molecule has 0 aliphatic rings. The van der Waals surface area contributed by atoms with E-state index in [-0.39, 0.29) is 5.97 Å². The van der Waals surface area contributed by atoms with Gasteiger partial charge in [0, 0.05) is 0 Å². The predicted octanol–water partition coefficient (Wildman–Crippen LogP) is 3.43. The number of carbonyl (C=O) groups excluding carboxylic acids is 1. The summed E-state index contributed by atoms with van der Waals surface area (Å²) in [6.07, 6.45) is 0. The van der Waals surface area contributed by atoms with Crippen LogP contribution < -0.4 is 0 Å². The van der Waals surface area contributed by atoms with Gasteiger partial charge in [0.15, 0.2) is 0 Å². The van der Waals surface area contributed by atoms with Crippen LogP contribution in [-0.2, 0) is 25.7 Å². The van der Waals surface area contributed by atoms with Crippen LogP contribution in [0.25, 0.3) is 0 Å². The molecule has 0 aromatic heterocycles. The van der Waals surface area contributed by atoms with E-state index >= 15 is 0 Å². The summed E-state index contributed by atoms with van der Waals surface area (Å²) in [7, 11) is -1.04. The second-order valence-corrected chi connectivity index (χ2v) is 6.20. The van der Waals surface area contributed by atoms with E-state index in [9.17, 15) is 4.79 Å². The average molecular weight is 402 g/mol. The summed E-state index contributed by atoms with van der Waals surface area (Å²) in [5, 5.41) is 0. The van der Waals surface area contributed by atoms with Gasteiger partial charge >= 0.3 is 5.97 Å². The molecule has 3 aromatic rings. The lowest BCUT2D eigenvalue weighted by atomic mass is 9.69. The number of hydrogen-bond donors (Lipinski definition) is 2. The minimum absolute atomic E-state index is 0.328. The maximum absolute atomic E-state index is 13.0. The van der Waals surface area contributed by atoms with Crippen LogP contribution in [0.4, 0.5) is 0 Å². The van der Waals surface area contributed by atoms with Crippen molar-refractivity contribution in [1.82, 2.24) is 0 Å². The molecule has 0 radical (unpaired) electrons. The minimum Gasteiger partial charge on any atom is -0.450 e. The predicted molar refractivity (Wildman–Crippen MR) is 108 cm³/mol. The molecule has 7 heteroatoms. The summed E-state index contributed by atoms with van der Waals surface area (Å²) in [6, 6.07) is 29.2. The maximum Gasteiger partial charge on any atom is 0.327 e. The molecule has 0 saturated heterocycles. The van der Waals surface area contributed by atoms with Gasteiger partial charge in [-0.2, -0.15) is 0 Å². The van der Waals surface area contributed by atoms with E-state index in [1.165, 1.54) is 0 Å². The van der Waals surface area contributed by atoms with Crippen LogP contribution in [0, 0.1) is 0 Å². The van der Waals surface area contributed by atoms with Crippen molar-refractivity contribution >= 4 is 26.4 Å². The van der Waals surface area contributed by atoms with E-state index in [2.05, 4.69) is 9.47 Å². The largest absolute Gasteiger partial charge is 0.450 e. The fraction of sp³-hybridized carbons (Fsp3) is 0.0500. The number of benzene rings is 3. The van der Waals surface area contributed by atoms with Gasteiger partial charge < -0.3 is 4.52 Å². The van der Waals surface area contributed by atoms with Crippen molar-refractivity contribution < 1.29 is 22.3 Å². The normalized spacial score (nSPS) is 10.6. The fourth-order valence-electron chi connectivity index (χ4n) is 3.01. The minimum atomic E-state index is -3.12. The first-order valence-corrected chi connectivity index (χ1v) is 9.54.